The summed E-state index contributed by atoms with van der Waals surface area (Å²) >= 11 is 1.58. The number of benzene rings is 2. The number of nitrogens with zero attached hydrogens (tertiary/aromatic N) is 1. The van der Waals surface area contributed by atoms with Crippen molar-refractivity contribution < 1.29 is 23.0 Å². The number of carbonyl (C=O) groups excluding carboxylic acids is 1. The number of thioether (sulfide) groups is 1. The molecule has 1 aliphatic heterocycles. The summed E-state index contributed by atoms with van der Waals surface area (Å²) in [7, 11) is 2.84. The minimum atomic E-state index is -1.08. The second kappa shape index (κ2) is 8.79. The number of ether oxygens (including phenoxy) is 2. The van der Waals surface area contributed by atoms with Gasteiger partial charge in [0.15, 0.2) is 11.6 Å². The molecule has 1 heterocycles. The van der Waals surface area contributed by atoms with E-state index in [2.05, 4.69) is 5.32 Å². The molecule has 0 saturated carbocycles. The molecule has 1 aliphatic rings. The molecule has 5 nitrogen and oxygen atoms in total. The van der Waals surface area contributed by atoms with Crippen molar-refractivity contribution in [1.82, 2.24) is 0 Å². The number of nitrogens with one attached hydrogen (secondary N) is 1. The van der Waals surface area contributed by atoms with E-state index in [1.165, 1.54) is 13.2 Å². The van der Waals surface area contributed by atoms with Crippen LogP contribution in [0.25, 0.3) is 0 Å². The Morgan fingerprint density at radius 2 is 2.04 bits per heavy atom. The lowest BCUT2D eigenvalue weighted by molar-refractivity contribution is -0.117. The van der Waals surface area contributed by atoms with Crippen molar-refractivity contribution in [1.29, 1.82) is 0 Å². The van der Waals surface area contributed by atoms with Crippen LogP contribution in [0.4, 0.5) is 20.2 Å². The zero-order chi connectivity index (χ0) is 20.3. The van der Waals surface area contributed by atoms with Gasteiger partial charge in [0, 0.05) is 30.7 Å². The van der Waals surface area contributed by atoms with Gasteiger partial charge in [-0.25, -0.2) is 4.39 Å². The predicted octanol–water partition coefficient (Wildman–Crippen LogP) is 3.93. The Bertz CT molecular complexity index is 865. The molecule has 1 fully saturated rings. The molecule has 150 valence electrons. The lowest BCUT2D eigenvalue weighted by atomic mass is 10.1. The maximum absolute atomic E-state index is 14.2. The Morgan fingerprint density at radius 1 is 1.25 bits per heavy atom. The normalized spacial score (nSPS) is 19.0. The van der Waals surface area contributed by atoms with Gasteiger partial charge in [0.05, 0.1) is 18.9 Å². The zero-order valence-corrected chi connectivity index (χ0v) is 16.7. The molecule has 2 atom stereocenters. The van der Waals surface area contributed by atoms with E-state index in [0.29, 0.717) is 24.3 Å². The van der Waals surface area contributed by atoms with Crippen LogP contribution in [0.15, 0.2) is 41.3 Å². The van der Waals surface area contributed by atoms with Crippen molar-refractivity contribution in [2.75, 3.05) is 37.2 Å². The number of hydrogen-bond donors (Lipinski definition) is 1. The average molecular weight is 408 g/mol. The highest BCUT2D eigenvalue weighted by atomic mass is 32.2. The SMILES string of the molecule is COc1c(N2CC(OC)CC2C(=O)Nc2cccc(SC)c2)ccc(F)c1F. The fourth-order valence-electron chi connectivity index (χ4n) is 3.35. The van der Waals surface area contributed by atoms with Gasteiger partial charge >= 0.3 is 0 Å². The number of anilines is 2. The molecule has 0 radical (unpaired) electrons. The van der Waals surface area contributed by atoms with Crippen LogP contribution in [0.2, 0.25) is 0 Å². The first kappa shape index (κ1) is 20.4. The summed E-state index contributed by atoms with van der Waals surface area (Å²) < 4.78 is 38.3. The molecular formula is C20H22F2N2O3S. The van der Waals surface area contributed by atoms with Gasteiger partial charge in [0.25, 0.3) is 0 Å². The summed E-state index contributed by atoms with van der Waals surface area (Å²) in [6.07, 6.45) is 2.16. The summed E-state index contributed by atoms with van der Waals surface area (Å²) in [5, 5.41) is 2.91. The lowest BCUT2D eigenvalue weighted by Crippen LogP contribution is -2.40. The summed E-state index contributed by atoms with van der Waals surface area (Å²) in [5.74, 6) is -2.55. The van der Waals surface area contributed by atoms with Crippen molar-refractivity contribution in [3.05, 3.63) is 48.0 Å². The van der Waals surface area contributed by atoms with E-state index >= 15 is 0 Å². The van der Waals surface area contributed by atoms with Crippen LogP contribution in [0.1, 0.15) is 6.42 Å². The van der Waals surface area contributed by atoms with Crippen molar-refractivity contribution in [2.24, 2.45) is 0 Å². The van der Waals surface area contributed by atoms with Crippen LogP contribution in [-0.4, -0.2) is 45.1 Å². The molecule has 8 heteroatoms. The Morgan fingerprint density at radius 3 is 2.71 bits per heavy atom. The maximum atomic E-state index is 14.2. The van der Waals surface area contributed by atoms with Gasteiger partial charge in [-0.3, -0.25) is 4.79 Å². The van der Waals surface area contributed by atoms with E-state index in [0.717, 1.165) is 11.0 Å². The standard InChI is InChI=1S/C20H22F2N2O3S/c1-26-13-10-17(20(25)23-12-5-4-6-14(9-12)28-3)24(11-13)16-8-7-15(21)18(22)19(16)27-2/h4-9,13,17H,10-11H2,1-3H3,(H,23,25). The monoisotopic (exact) mass is 408 g/mol. The smallest absolute Gasteiger partial charge is 0.247 e. The van der Waals surface area contributed by atoms with Crippen LogP contribution < -0.4 is 15.0 Å². The van der Waals surface area contributed by atoms with E-state index in [9.17, 15) is 13.6 Å². The molecule has 0 bridgehead atoms. The number of hydrogen-bond acceptors (Lipinski definition) is 5. The van der Waals surface area contributed by atoms with E-state index in [-0.39, 0.29) is 17.8 Å². The minimum Gasteiger partial charge on any atom is -0.491 e. The third-order valence-corrected chi connectivity index (χ3v) is 5.50. The summed E-state index contributed by atoms with van der Waals surface area (Å²) in [6, 6.07) is 9.35. The molecule has 2 aromatic carbocycles. The molecule has 0 aromatic heterocycles. The molecule has 2 aromatic rings. The minimum absolute atomic E-state index is 0.217. The number of halogens is 2. The van der Waals surface area contributed by atoms with Crippen LogP contribution in [0, 0.1) is 11.6 Å². The van der Waals surface area contributed by atoms with Gasteiger partial charge < -0.3 is 19.7 Å². The summed E-state index contributed by atoms with van der Waals surface area (Å²) in [5.41, 5.74) is 0.994. The maximum Gasteiger partial charge on any atom is 0.247 e. The fourth-order valence-corrected chi connectivity index (χ4v) is 3.81. The average Bonchev–Trinajstić information content (AvgIpc) is 3.14. The molecule has 28 heavy (non-hydrogen) atoms. The summed E-state index contributed by atoms with van der Waals surface area (Å²) in [6.45, 7) is 0.362. The van der Waals surface area contributed by atoms with Crippen molar-refractivity contribution >= 4 is 29.0 Å². The van der Waals surface area contributed by atoms with Gasteiger partial charge in [0.2, 0.25) is 11.7 Å². The molecule has 3 rings (SSSR count). The van der Waals surface area contributed by atoms with Crippen molar-refractivity contribution in [2.45, 2.75) is 23.5 Å². The number of rotatable bonds is 6. The summed E-state index contributed by atoms with van der Waals surface area (Å²) in [4.78, 5) is 15.7. The predicted molar refractivity (Wildman–Crippen MR) is 106 cm³/mol. The highest BCUT2D eigenvalue weighted by molar-refractivity contribution is 7.98. The van der Waals surface area contributed by atoms with E-state index in [4.69, 9.17) is 9.47 Å². The van der Waals surface area contributed by atoms with Crippen LogP contribution in [0.5, 0.6) is 5.75 Å². The first-order valence-corrected chi connectivity index (χ1v) is 9.97. The Labute approximate surface area is 167 Å². The Hall–Kier alpha value is -2.32. The largest absolute Gasteiger partial charge is 0.491 e. The van der Waals surface area contributed by atoms with Gasteiger partial charge in [-0.2, -0.15) is 4.39 Å². The number of methoxy groups -OCH3 is 2. The molecule has 0 spiro atoms. The molecular weight excluding hydrogens is 386 g/mol. The van der Waals surface area contributed by atoms with Crippen molar-refractivity contribution in [3.63, 3.8) is 0 Å². The molecule has 2 unspecified atom stereocenters. The number of amides is 1. The highest BCUT2D eigenvalue weighted by Crippen LogP contribution is 2.37. The molecule has 1 N–H and O–H groups in total. The van der Waals surface area contributed by atoms with Crippen molar-refractivity contribution in [3.8, 4) is 5.75 Å². The van der Waals surface area contributed by atoms with Gasteiger partial charge in [-0.1, -0.05) is 6.07 Å². The van der Waals surface area contributed by atoms with Gasteiger partial charge in [-0.05, 0) is 36.6 Å². The quantitative estimate of drug-likeness (QED) is 0.734. The van der Waals surface area contributed by atoms with Gasteiger partial charge in [0.1, 0.15) is 6.04 Å². The fraction of sp³-hybridized carbons (Fsp3) is 0.350. The Balaban J connectivity index is 1.90. The van der Waals surface area contributed by atoms with Crippen LogP contribution in [0.3, 0.4) is 0 Å². The topological polar surface area (TPSA) is 50.8 Å². The molecule has 0 aliphatic carbocycles. The van der Waals surface area contributed by atoms with Gasteiger partial charge in [-0.15, -0.1) is 11.8 Å². The molecule has 1 saturated heterocycles. The first-order chi connectivity index (χ1) is 13.5. The van der Waals surface area contributed by atoms with E-state index in [1.807, 2.05) is 30.5 Å². The second-order valence-corrected chi connectivity index (χ2v) is 7.28. The number of carbonyl (C=O) groups is 1. The lowest BCUT2D eigenvalue weighted by Gasteiger charge is -2.27. The van der Waals surface area contributed by atoms with E-state index < -0.39 is 17.7 Å². The highest BCUT2D eigenvalue weighted by Gasteiger charge is 2.39. The third-order valence-electron chi connectivity index (χ3n) is 4.78. The zero-order valence-electron chi connectivity index (χ0n) is 15.9. The van der Waals surface area contributed by atoms with Crippen LogP contribution >= 0.6 is 11.8 Å². The van der Waals surface area contributed by atoms with E-state index in [1.54, 1.807) is 23.8 Å². The second-order valence-electron chi connectivity index (χ2n) is 6.40. The first-order valence-electron chi connectivity index (χ1n) is 8.74. The Kier molecular flexibility index (Phi) is 6.41. The van der Waals surface area contributed by atoms with Crippen LogP contribution in [-0.2, 0) is 9.53 Å². The molecule has 1 amide bonds. The third kappa shape index (κ3) is 4.07.